The van der Waals surface area contributed by atoms with Crippen LogP contribution in [0.4, 0.5) is 0 Å². The van der Waals surface area contributed by atoms with Gasteiger partial charge in [0.2, 0.25) is 5.91 Å². The van der Waals surface area contributed by atoms with E-state index in [1.54, 1.807) is 0 Å². The van der Waals surface area contributed by atoms with Crippen LogP contribution < -0.4 is 15.4 Å². The number of amides is 1. The van der Waals surface area contributed by atoms with Crippen LogP contribution in [0.5, 0.6) is 11.5 Å². The van der Waals surface area contributed by atoms with Crippen LogP contribution in [0.3, 0.4) is 0 Å². The maximum Gasteiger partial charge on any atom is 0.224 e. The third-order valence-corrected chi connectivity index (χ3v) is 3.70. The molecule has 0 aliphatic heterocycles. The zero-order valence-electron chi connectivity index (χ0n) is 14.3. The van der Waals surface area contributed by atoms with Gasteiger partial charge in [0, 0.05) is 24.6 Å². The zero-order valence-corrected chi connectivity index (χ0v) is 15.2. The van der Waals surface area contributed by atoms with E-state index in [-0.39, 0.29) is 24.2 Å². The topological polar surface area (TPSA) is 50.4 Å². The largest absolute Gasteiger partial charge is 0.457 e. The Labute approximate surface area is 150 Å². The average Bonchev–Trinajstić information content (AvgIpc) is 2.56. The molecule has 0 radical (unpaired) electrons. The fraction of sp³-hybridized carbons (Fsp3) is 0.316. The molecule has 2 N–H and O–H groups in total. The Morgan fingerprint density at radius 1 is 1.08 bits per heavy atom. The number of nitrogens with one attached hydrogen (secondary N) is 2. The van der Waals surface area contributed by atoms with Crippen molar-refractivity contribution in [3.8, 4) is 11.5 Å². The minimum absolute atomic E-state index is 0. The Morgan fingerprint density at radius 2 is 1.71 bits per heavy atom. The fourth-order valence-corrected chi connectivity index (χ4v) is 2.29. The van der Waals surface area contributed by atoms with Crippen LogP contribution in [0.15, 0.2) is 48.5 Å². The maximum atomic E-state index is 12.0. The molecule has 1 unspecified atom stereocenters. The highest BCUT2D eigenvalue weighted by molar-refractivity contribution is 5.85. The number of hydrogen-bond donors (Lipinski definition) is 2. The summed E-state index contributed by atoms with van der Waals surface area (Å²) in [5, 5.41) is 5.98. The maximum absolute atomic E-state index is 12.0. The molecule has 4 nitrogen and oxygen atoms in total. The summed E-state index contributed by atoms with van der Waals surface area (Å²) in [7, 11) is 1.84. The molecule has 0 bridgehead atoms. The SMILES string of the molecule is CNCC(C)C(=O)NCc1ccccc1Oc1ccccc1C.Cl. The molecular formula is C19H25ClN2O2. The predicted octanol–water partition coefficient (Wildman–Crippen LogP) is 3.68. The van der Waals surface area contributed by atoms with E-state index in [2.05, 4.69) is 10.6 Å². The number of ether oxygens (including phenoxy) is 1. The smallest absolute Gasteiger partial charge is 0.224 e. The van der Waals surface area contributed by atoms with Gasteiger partial charge < -0.3 is 15.4 Å². The van der Waals surface area contributed by atoms with Gasteiger partial charge in [0.1, 0.15) is 11.5 Å². The van der Waals surface area contributed by atoms with Crippen LogP contribution in [0.1, 0.15) is 18.1 Å². The molecule has 0 saturated carbocycles. The summed E-state index contributed by atoms with van der Waals surface area (Å²) in [6.45, 7) is 5.03. The zero-order chi connectivity index (χ0) is 16.7. The van der Waals surface area contributed by atoms with E-state index in [1.165, 1.54) is 0 Å². The molecule has 0 aliphatic carbocycles. The number of carbonyl (C=O) groups excluding carboxylic acids is 1. The van der Waals surface area contributed by atoms with Crippen molar-refractivity contribution in [2.75, 3.05) is 13.6 Å². The van der Waals surface area contributed by atoms with E-state index in [9.17, 15) is 4.79 Å². The van der Waals surface area contributed by atoms with Crippen molar-refractivity contribution in [2.45, 2.75) is 20.4 Å². The van der Waals surface area contributed by atoms with Gasteiger partial charge in [0.05, 0.1) is 0 Å². The Morgan fingerprint density at radius 3 is 2.38 bits per heavy atom. The molecule has 0 saturated heterocycles. The van der Waals surface area contributed by atoms with Gasteiger partial charge in [-0.15, -0.1) is 12.4 Å². The molecule has 24 heavy (non-hydrogen) atoms. The summed E-state index contributed by atoms with van der Waals surface area (Å²) in [6, 6.07) is 15.7. The molecule has 2 aromatic rings. The number of hydrogen-bond acceptors (Lipinski definition) is 3. The van der Waals surface area contributed by atoms with Gasteiger partial charge in [0.25, 0.3) is 0 Å². The summed E-state index contributed by atoms with van der Waals surface area (Å²) < 4.78 is 6.02. The molecule has 0 heterocycles. The van der Waals surface area contributed by atoms with Crippen LogP contribution in [0, 0.1) is 12.8 Å². The number of carbonyl (C=O) groups is 1. The molecule has 2 rings (SSSR count). The Hall–Kier alpha value is -2.04. The molecule has 1 amide bonds. The van der Waals surface area contributed by atoms with Crippen molar-refractivity contribution >= 4 is 18.3 Å². The van der Waals surface area contributed by atoms with Crippen LogP contribution >= 0.6 is 12.4 Å². The predicted molar refractivity (Wildman–Crippen MR) is 99.9 cm³/mol. The van der Waals surface area contributed by atoms with Crippen molar-refractivity contribution in [1.82, 2.24) is 10.6 Å². The minimum atomic E-state index is -0.0653. The Balaban J connectivity index is 0.00000288. The first-order valence-electron chi connectivity index (χ1n) is 7.85. The monoisotopic (exact) mass is 348 g/mol. The molecule has 2 aromatic carbocycles. The van der Waals surface area contributed by atoms with Gasteiger partial charge in [-0.1, -0.05) is 43.3 Å². The van der Waals surface area contributed by atoms with E-state index in [0.717, 1.165) is 22.6 Å². The highest BCUT2D eigenvalue weighted by Crippen LogP contribution is 2.27. The second kappa shape index (κ2) is 9.96. The van der Waals surface area contributed by atoms with E-state index >= 15 is 0 Å². The lowest BCUT2D eigenvalue weighted by Crippen LogP contribution is -2.33. The standard InChI is InChI=1S/C19H24N2O2.ClH/c1-14-8-4-6-10-17(14)23-18-11-7-5-9-16(18)13-21-19(22)15(2)12-20-3;/h4-11,15,20H,12-13H2,1-3H3,(H,21,22);1H. The molecule has 0 aliphatic rings. The second-order valence-corrected chi connectivity index (χ2v) is 5.65. The van der Waals surface area contributed by atoms with Crippen molar-refractivity contribution in [3.05, 3.63) is 59.7 Å². The molecular weight excluding hydrogens is 324 g/mol. The lowest BCUT2D eigenvalue weighted by Gasteiger charge is -2.15. The molecule has 1 atom stereocenters. The number of halogens is 1. The first-order chi connectivity index (χ1) is 11.1. The first kappa shape index (κ1) is 20.0. The third kappa shape index (κ3) is 5.55. The lowest BCUT2D eigenvalue weighted by molar-refractivity contribution is -0.124. The van der Waals surface area contributed by atoms with E-state index < -0.39 is 0 Å². The molecule has 0 spiro atoms. The van der Waals surface area contributed by atoms with E-state index in [4.69, 9.17) is 4.74 Å². The Kier molecular flexibility index (Phi) is 8.30. The Bertz CT molecular complexity index is 661. The number of benzene rings is 2. The quantitative estimate of drug-likeness (QED) is 0.802. The van der Waals surface area contributed by atoms with Crippen LogP contribution in [-0.2, 0) is 11.3 Å². The molecule has 5 heteroatoms. The van der Waals surface area contributed by atoms with Gasteiger partial charge in [-0.25, -0.2) is 0 Å². The van der Waals surface area contributed by atoms with Crippen molar-refractivity contribution < 1.29 is 9.53 Å². The van der Waals surface area contributed by atoms with Crippen LogP contribution in [0.25, 0.3) is 0 Å². The minimum Gasteiger partial charge on any atom is -0.457 e. The number of rotatable bonds is 7. The van der Waals surface area contributed by atoms with E-state index in [1.807, 2.05) is 69.4 Å². The normalized spacial score (nSPS) is 11.3. The summed E-state index contributed by atoms with van der Waals surface area (Å²) in [5.41, 5.74) is 2.04. The van der Waals surface area contributed by atoms with Gasteiger partial charge in [-0.2, -0.15) is 0 Å². The molecule has 130 valence electrons. The summed E-state index contributed by atoms with van der Waals surface area (Å²) in [4.78, 5) is 12.0. The summed E-state index contributed by atoms with van der Waals surface area (Å²) in [5.74, 6) is 1.56. The molecule has 0 fully saturated rings. The van der Waals surface area contributed by atoms with Crippen molar-refractivity contribution in [2.24, 2.45) is 5.92 Å². The number of aryl methyl sites for hydroxylation is 1. The average molecular weight is 349 g/mol. The highest BCUT2D eigenvalue weighted by atomic mass is 35.5. The molecule has 0 aromatic heterocycles. The summed E-state index contributed by atoms with van der Waals surface area (Å²) >= 11 is 0. The van der Waals surface area contributed by atoms with Crippen molar-refractivity contribution in [3.63, 3.8) is 0 Å². The first-order valence-corrected chi connectivity index (χ1v) is 7.85. The van der Waals surface area contributed by atoms with Gasteiger partial charge in [-0.05, 0) is 31.7 Å². The fourth-order valence-electron chi connectivity index (χ4n) is 2.29. The number of para-hydroxylation sites is 2. The lowest BCUT2D eigenvalue weighted by atomic mass is 10.1. The van der Waals surface area contributed by atoms with Gasteiger partial charge in [0.15, 0.2) is 0 Å². The van der Waals surface area contributed by atoms with Crippen molar-refractivity contribution in [1.29, 1.82) is 0 Å². The van der Waals surface area contributed by atoms with Gasteiger partial charge in [-0.3, -0.25) is 4.79 Å². The second-order valence-electron chi connectivity index (χ2n) is 5.65. The van der Waals surface area contributed by atoms with Crippen LogP contribution in [-0.4, -0.2) is 19.5 Å². The van der Waals surface area contributed by atoms with Crippen LogP contribution in [0.2, 0.25) is 0 Å². The van der Waals surface area contributed by atoms with E-state index in [0.29, 0.717) is 13.1 Å². The summed E-state index contributed by atoms with van der Waals surface area (Å²) in [6.07, 6.45) is 0. The third-order valence-electron chi connectivity index (χ3n) is 3.70. The highest BCUT2D eigenvalue weighted by Gasteiger charge is 2.12. The van der Waals surface area contributed by atoms with Gasteiger partial charge >= 0.3 is 0 Å².